The fourth-order valence-electron chi connectivity index (χ4n) is 3.42. The molecular weight excluding hydrogens is 272 g/mol. The highest BCUT2D eigenvalue weighted by Crippen LogP contribution is 2.27. The lowest BCUT2D eigenvalue weighted by atomic mass is 9.83. The number of hydrogen-bond donors (Lipinski definition) is 2. The van der Waals surface area contributed by atoms with Crippen molar-refractivity contribution in [1.82, 2.24) is 10.2 Å². The second kappa shape index (κ2) is 7.64. The molecule has 120 valence electrons. The van der Waals surface area contributed by atoms with Crippen LogP contribution in [0, 0.1) is 5.92 Å². The summed E-state index contributed by atoms with van der Waals surface area (Å²) in [7, 11) is 0. The van der Waals surface area contributed by atoms with Gasteiger partial charge in [0.05, 0.1) is 25.7 Å². The average Bonchev–Trinajstić information content (AvgIpc) is 2.47. The lowest BCUT2D eigenvalue weighted by Gasteiger charge is -2.38. The Morgan fingerprint density at radius 1 is 1.33 bits per heavy atom. The standard InChI is InChI=1S/C15H26N2O4/c1-2-11-5-3-4-6-13(11)16-15(20)17-7-8-21-10-12(17)9-14(18)19/h11-13H,2-10H2,1H3,(H,16,20)(H,18,19). The summed E-state index contributed by atoms with van der Waals surface area (Å²) in [5, 5.41) is 12.1. The Morgan fingerprint density at radius 3 is 2.81 bits per heavy atom. The molecule has 0 radical (unpaired) electrons. The van der Waals surface area contributed by atoms with Crippen molar-refractivity contribution in [2.45, 2.75) is 57.5 Å². The second-order valence-electron chi connectivity index (χ2n) is 6.03. The van der Waals surface area contributed by atoms with Crippen molar-refractivity contribution in [3.63, 3.8) is 0 Å². The minimum atomic E-state index is -0.896. The monoisotopic (exact) mass is 298 g/mol. The van der Waals surface area contributed by atoms with E-state index in [9.17, 15) is 9.59 Å². The topological polar surface area (TPSA) is 78.9 Å². The zero-order chi connectivity index (χ0) is 15.2. The number of urea groups is 1. The molecule has 21 heavy (non-hydrogen) atoms. The van der Waals surface area contributed by atoms with Crippen LogP contribution in [-0.4, -0.2) is 53.8 Å². The van der Waals surface area contributed by atoms with Gasteiger partial charge in [-0.3, -0.25) is 4.79 Å². The normalized spacial score (nSPS) is 30.0. The molecule has 0 aromatic heterocycles. The SMILES string of the molecule is CCC1CCCCC1NC(=O)N1CCOCC1CC(=O)O. The van der Waals surface area contributed by atoms with Crippen molar-refractivity contribution in [2.24, 2.45) is 5.92 Å². The number of carboxylic acid groups (broad SMARTS) is 1. The Bertz CT molecular complexity index is 375. The van der Waals surface area contributed by atoms with Crippen molar-refractivity contribution >= 4 is 12.0 Å². The first-order valence-electron chi connectivity index (χ1n) is 7.98. The highest BCUT2D eigenvalue weighted by atomic mass is 16.5. The van der Waals surface area contributed by atoms with Gasteiger partial charge in [-0.15, -0.1) is 0 Å². The molecule has 1 aliphatic heterocycles. The number of carbonyl (C=O) groups excluding carboxylic acids is 1. The second-order valence-corrected chi connectivity index (χ2v) is 6.03. The van der Waals surface area contributed by atoms with Crippen LogP contribution in [0.15, 0.2) is 0 Å². The van der Waals surface area contributed by atoms with Crippen LogP contribution in [0.3, 0.4) is 0 Å². The minimum Gasteiger partial charge on any atom is -0.481 e. The molecule has 1 saturated carbocycles. The molecule has 3 atom stereocenters. The van der Waals surface area contributed by atoms with Gasteiger partial charge < -0.3 is 20.1 Å². The van der Waals surface area contributed by atoms with Crippen molar-refractivity contribution in [3.8, 4) is 0 Å². The van der Waals surface area contributed by atoms with E-state index in [1.807, 2.05) is 0 Å². The van der Waals surface area contributed by atoms with Crippen LogP contribution < -0.4 is 5.32 Å². The van der Waals surface area contributed by atoms with E-state index < -0.39 is 5.97 Å². The predicted octanol–water partition coefficient (Wildman–Crippen LogP) is 1.84. The maximum Gasteiger partial charge on any atom is 0.318 e. The van der Waals surface area contributed by atoms with E-state index in [-0.39, 0.29) is 24.5 Å². The molecule has 0 spiro atoms. The smallest absolute Gasteiger partial charge is 0.318 e. The molecule has 6 nitrogen and oxygen atoms in total. The first-order chi connectivity index (χ1) is 10.1. The van der Waals surface area contributed by atoms with Gasteiger partial charge in [-0.1, -0.05) is 26.2 Å². The van der Waals surface area contributed by atoms with Crippen molar-refractivity contribution < 1.29 is 19.4 Å². The first-order valence-corrected chi connectivity index (χ1v) is 7.98. The summed E-state index contributed by atoms with van der Waals surface area (Å²) in [4.78, 5) is 25.0. The number of rotatable bonds is 4. The van der Waals surface area contributed by atoms with E-state index in [4.69, 9.17) is 9.84 Å². The summed E-state index contributed by atoms with van der Waals surface area (Å²) in [6.07, 6.45) is 5.61. The molecule has 0 bridgehead atoms. The molecular formula is C15H26N2O4. The highest BCUT2D eigenvalue weighted by molar-refractivity contribution is 5.76. The van der Waals surface area contributed by atoms with Gasteiger partial charge >= 0.3 is 12.0 Å². The highest BCUT2D eigenvalue weighted by Gasteiger charge is 2.32. The van der Waals surface area contributed by atoms with Crippen LogP contribution in [0.5, 0.6) is 0 Å². The van der Waals surface area contributed by atoms with E-state index in [2.05, 4.69) is 12.2 Å². The van der Waals surface area contributed by atoms with Gasteiger partial charge in [0, 0.05) is 12.6 Å². The zero-order valence-corrected chi connectivity index (χ0v) is 12.7. The van der Waals surface area contributed by atoms with E-state index in [0.717, 1.165) is 19.3 Å². The average molecular weight is 298 g/mol. The van der Waals surface area contributed by atoms with Crippen LogP contribution in [-0.2, 0) is 9.53 Å². The number of hydrogen-bond acceptors (Lipinski definition) is 3. The molecule has 1 heterocycles. The molecule has 6 heteroatoms. The Labute approximate surface area is 125 Å². The van der Waals surface area contributed by atoms with E-state index in [1.54, 1.807) is 4.90 Å². The zero-order valence-electron chi connectivity index (χ0n) is 12.7. The Hall–Kier alpha value is -1.30. The van der Waals surface area contributed by atoms with Gasteiger partial charge in [0.1, 0.15) is 0 Å². The van der Waals surface area contributed by atoms with Crippen LogP contribution in [0.4, 0.5) is 4.79 Å². The van der Waals surface area contributed by atoms with Crippen LogP contribution in [0.1, 0.15) is 45.4 Å². The molecule has 2 fully saturated rings. The lowest BCUT2D eigenvalue weighted by Crippen LogP contribution is -2.56. The molecule has 1 aliphatic carbocycles. The first kappa shape index (κ1) is 16.1. The molecule has 0 aromatic rings. The maximum atomic E-state index is 12.5. The molecule has 2 amide bonds. The summed E-state index contributed by atoms with van der Waals surface area (Å²) in [6.45, 7) is 3.41. The number of carbonyl (C=O) groups is 2. The number of nitrogens with one attached hydrogen (secondary N) is 1. The number of nitrogens with zero attached hydrogens (tertiary/aromatic N) is 1. The van der Waals surface area contributed by atoms with Gasteiger partial charge in [-0.2, -0.15) is 0 Å². The number of morpholine rings is 1. The van der Waals surface area contributed by atoms with E-state index >= 15 is 0 Å². The molecule has 1 saturated heterocycles. The molecule has 3 unspecified atom stereocenters. The molecule has 2 rings (SSSR count). The lowest BCUT2D eigenvalue weighted by molar-refractivity contribution is -0.139. The minimum absolute atomic E-state index is 0.0602. The van der Waals surface area contributed by atoms with Gasteiger partial charge in [-0.25, -0.2) is 4.79 Å². The number of amides is 2. The third-order valence-corrected chi connectivity index (χ3v) is 4.64. The maximum absolute atomic E-state index is 12.5. The van der Waals surface area contributed by atoms with Gasteiger partial charge in [0.2, 0.25) is 0 Å². The van der Waals surface area contributed by atoms with Crippen LogP contribution in [0.25, 0.3) is 0 Å². The Balaban J connectivity index is 1.94. The summed E-state index contributed by atoms with van der Waals surface area (Å²) < 4.78 is 5.31. The summed E-state index contributed by atoms with van der Waals surface area (Å²) in [5.41, 5.74) is 0. The van der Waals surface area contributed by atoms with Crippen molar-refractivity contribution in [1.29, 1.82) is 0 Å². The van der Waals surface area contributed by atoms with E-state index in [0.29, 0.717) is 25.7 Å². The molecule has 2 aliphatic rings. The predicted molar refractivity (Wildman–Crippen MR) is 78.1 cm³/mol. The molecule has 0 aromatic carbocycles. The summed E-state index contributed by atoms with van der Waals surface area (Å²) in [5.74, 6) is -0.353. The van der Waals surface area contributed by atoms with Gasteiger partial charge in [0.25, 0.3) is 0 Å². The number of carboxylic acids is 1. The molecule has 2 N–H and O–H groups in total. The van der Waals surface area contributed by atoms with Gasteiger partial charge in [0.15, 0.2) is 0 Å². The summed E-state index contributed by atoms with van der Waals surface area (Å²) in [6, 6.07) is -0.264. The Morgan fingerprint density at radius 2 is 2.10 bits per heavy atom. The van der Waals surface area contributed by atoms with Crippen LogP contribution in [0.2, 0.25) is 0 Å². The van der Waals surface area contributed by atoms with Crippen LogP contribution >= 0.6 is 0 Å². The number of ether oxygens (including phenoxy) is 1. The quantitative estimate of drug-likeness (QED) is 0.830. The third-order valence-electron chi connectivity index (χ3n) is 4.64. The van der Waals surface area contributed by atoms with Crippen molar-refractivity contribution in [3.05, 3.63) is 0 Å². The Kier molecular flexibility index (Phi) is 5.85. The fraction of sp³-hybridized carbons (Fsp3) is 0.867. The number of aliphatic carboxylic acids is 1. The largest absolute Gasteiger partial charge is 0.481 e. The third kappa shape index (κ3) is 4.33. The van der Waals surface area contributed by atoms with E-state index in [1.165, 1.54) is 12.8 Å². The summed E-state index contributed by atoms with van der Waals surface area (Å²) >= 11 is 0. The van der Waals surface area contributed by atoms with Crippen molar-refractivity contribution in [2.75, 3.05) is 19.8 Å². The fourth-order valence-corrected chi connectivity index (χ4v) is 3.42. The van der Waals surface area contributed by atoms with Gasteiger partial charge in [-0.05, 0) is 18.8 Å².